The first-order chi connectivity index (χ1) is 19.0. The van der Waals surface area contributed by atoms with Crippen molar-refractivity contribution in [2.24, 2.45) is 0 Å². The van der Waals surface area contributed by atoms with E-state index in [0.717, 1.165) is 74.5 Å². The number of aryl methyl sites for hydroxylation is 1. The van der Waals surface area contributed by atoms with Crippen LogP contribution in [-0.2, 0) is 22.6 Å². The number of halogens is 4. The van der Waals surface area contributed by atoms with Gasteiger partial charge >= 0.3 is 12.1 Å². The van der Waals surface area contributed by atoms with E-state index in [1.54, 1.807) is 26.4 Å². The van der Waals surface area contributed by atoms with Crippen molar-refractivity contribution >= 4 is 11.9 Å². The maximum Gasteiger partial charge on any atom is 0.490 e. The molecule has 7 nitrogen and oxygen atoms in total. The van der Waals surface area contributed by atoms with Crippen LogP contribution in [0.15, 0.2) is 42.5 Å². The maximum absolute atomic E-state index is 13.7. The number of nitrogens with zero attached hydrogens (tertiary/aromatic N) is 2. The van der Waals surface area contributed by atoms with Crippen molar-refractivity contribution < 1.29 is 41.7 Å². The van der Waals surface area contributed by atoms with Gasteiger partial charge in [-0.15, -0.1) is 0 Å². The number of rotatable bonds is 7. The highest BCUT2D eigenvalue weighted by molar-refractivity contribution is 5.76. The Kier molecular flexibility index (Phi) is 10.8. The van der Waals surface area contributed by atoms with Gasteiger partial charge in [0, 0.05) is 37.7 Å². The molecule has 2 aromatic rings. The Morgan fingerprint density at radius 3 is 2.30 bits per heavy atom. The molecule has 220 valence electrons. The molecule has 1 spiro atoms. The number of hydrogen-bond acceptors (Lipinski definition) is 5. The summed E-state index contributed by atoms with van der Waals surface area (Å²) >= 11 is 0. The van der Waals surface area contributed by atoms with Crippen LogP contribution in [0.5, 0.6) is 11.5 Å². The van der Waals surface area contributed by atoms with E-state index >= 15 is 0 Å². The first kappa shape index (κ1) is 31.2. The van der Waals surface area contributed by atoms with Crippen molar-refractivity contribution in [2.45, 2.75) is 63.2 Å². The number of carboxylic acids is 1. The van der Waals surface area contributed by atoms with Crippen LogP contribution in [0.3, 0.4) is 0 Å². The zero-order valence-electron chi connectivity index (χ0n) is 22.8. The highest BCUT2D eigenvalue weighted by Crippen LogP contribution is 2.39. The molecule has 0 bridgehead atoms. The third-order valence-electron chi connectivity index (χ3n) is 7.62. The summed E-state index contributed by atoms with van der Waals surface area (Å²) in [6, 6.07) is 12.7. The Balaban J connectivity index is 0.000000559. The van der Waals surface area contributed by atoms with Gasteiger partial charge in [-0.05, 0) is 74.4 Å². The van der Waals surface area contributed by atoms with Crippen molar-refractivity contribution in [1.29, 1.82) is 0 Å². The standard InChI is InChI=1S/C27H35FN2O3.C2HF3O2/c1-32-24-10-8-22(25(19-24)33-2)9-11-26(31)29-15-4-12-27(14-17-29)13-5-16-30(27)20-21-6-3-7-23(28)18-21;3-2(4,5)1(6)7/h3,6-8,10,18-19H,4-5,9,11-17,20H2,1-2H3;(H,6,7). The molecule has 2 fully saturated rings. The van der Waals surface area contributed by atoms with Gasteiger partial charge in [0.15, 0.2) is 0 Å². The minimum absolute atomic E-state index is 0.126. The molecule has 0 aliphatic carbocycles. The third-order valence-corrected chi connectivity index (χ3v) is 7.62. The predicted molar refractivity (Wildman–Crippen MR) is 141 cm³/mol. The summed E-state index contributed by atoms with van der Waals surface area (Å²) in [6.45, 7) is 3.43. The van der Waals surface area contributed by atoms with E-state index in [9.17, 15) is 22.4 Å². The van der Waals surface area contributed by atoms with Gasteiger partial charge in [-0.3, -0.25) is 9.69 Å². The number of amides is 1. The lowest BCUT2D eigenvalue weighted by molar-refractivity contribution is -0.192. The molecule has 4 rings (SSSR count). The fourth-order valence-corrected chi connectivity index (χ4v) is 5.55. The molecule has 0 radical (unpaired) electrons. The molecule has 40 heavy (non-hydrogen) atoms. The monoisotopic (exact) mass is 568 g/mol. The predicted octanol–water partition coefficient (Wildman–Crippen LogP) is 5.46. The van der Waals surface area contributed by atoms with Gasteiger partial charge in [0.25, 0.3) is 0 Å². The van der Waals surface area contributed by atoms with Crippen molar-refractivity contribution in [3.05, 3.63) is 59.4 Å². The number of benzene rings is 2. The van der Waals surface area contributed by atoms with Crippen molar-refractivity contribution in [2.75, 3.05) is 33.9 Å². The number of aliphatic carboxylic acids is 1. The van der Waals surface area contributed by atoms with Crippen LogP contribution in [0.4, 0.5) is 17.6 Å². The van der Waals surface area contributed by atoms with Gasteiger partial charge in [-0.1, -0.05) is 18.2 Å². The van der Waals surface area contributed by atoms with Crippen LogP contribution in [-0.4, -0.2) is 72.4 Å². The number of alkyl halides is 3. The molecule has 2 saturated heterocycles. The summed E-state index contributed by atoms with van der Waals surface area (Å²) in [6.07, 6.45) is 1.46. The number of hydrogen-bond donors (Lipinski definition) is 1. The van der Waals surface area contributed by atoms with E-state index < -0.39 is 12.1 Å². The van der Waals surface area contributed by atoms with Crippen LogP contribution in [0.1, 0.15) is 49.7 Å². The van der Waals surface area contributed by atoms with Crippen molar-refractivity contribution in [1.82, 2.24) is 9.80 Å². The quantitative estimate of drug-likeness (QED) is 0.448. The lowest BCUT2D eigenvalue weighted by Gasteiger charge is -2.38. The van der Waals surface area contributed by atoms with Crippen LogP contribution >= 0.6 is 0 Å². The van der Waals surface area contributed by atoms with Crippen LogP contribution in [0.2, 0.25) is 0 Å². The van der Waals surface area contributed by atoms with Crippen molar-refractivity contribution in [3.8, 4) is 11.5 Å². The molecule has 2 aromatic carbocycles. The number of carbonyl (C=O) groups is 2. The topological polar surface area (TPSA) is 79.3 Å². The summed E-state index contributed by atoms with van der Waals surface area (Å²) in [5, 5.41) is 7.12. The van der Waals surface area contributed by atoms with Gasteiger partial charge < -0.3 is 19.5 Å². The summed E-state index contributed by atoms with van der Waals surface area (Å²) < 4.78 is 56.2. The van der Waals surface area contributed by atoms with E-state index in [0.29, 0.717) is 12.8 Å². The zero-order chi connectivity index (χ0) is 29.3. The van der Waals surface area contributed by atoms with Crippen LogP contribution in [0, 0.1) is 5.82 Å². The number of likely N-dealkylation sites (tertiary alicyclic amines) is 2. The normalized spacial score (nSPS) is 19.5. The Bertz CT molecular complexity index is 1160. The maximum atomic E-state index is 13.7. The molecule has 1 atom stereocenters. The number of methoxy groups -OCH3 is 2. The molecular weight excluding hydrogens is 532 g/mol. The lowest BCUT2D eigenvalue weighted by Crippen LogP contribution is -2.44. The molecule has 1 unspecified atom stereocenters. The Labute approximate surface area is 231 Å². The van der Waals surface area contributed by atoms with E-state index in [4.69, 9.17) is 19.4 Å². The second kappa shape index (κ2) is 13.8. The summed E-state index contributed by atoms with van der Waals surface area (Å²) in [5.41, 5.74) is 2.18. The molecule has 0 saturated carbocycles. The van der Waals surface area contributed by atoms with Crippen LogP contribution < -0.4 is 9.47 Å². The summed E-state index contributed by atoms with van der Waals surface area (Å²) in [7, 11) is 3.28. The number of carboxylic acid groups (broad SMARTS) is 1. The molecule has 1 N–H and O–H groups in total. The molecular formula is C29H36F4N2O5. The van der Waals surface area contributed by atoms with E-state index in [1.807, 2.05) is 29.2 Å². The zero-order valence-corrected chi connectivity index (χ0v) is 22.8. The first-order valence-corrected chi connectivity index (χ1v) is 13.3. The van der Waals surface area contributed by atoms with Gasteiger partial charge in [-0.2, -0.15) is 13.2 Å². The van der Waals surface area contributed by atoms with Gasteiger partial charge in [0.2, 0.25) is 5.91 Å². The third kappa shape index (κ3) is 8.33. The first-order valence-electron chi connectivity index (χ1n) is 13.3. The molecule has 0 aromatic heterocycles. The van der Waals surface area contributed by atoms with Gasteiger partial charge in [0.1, 0.15) is 17.3 Å². The highest BCUT2D eigenvalue weighted by Gasteiger charge is 2.42. The molecule has 2 heterocycles. The minimum atomic E-state index is -5.08. The van der Waals surface area contributed by atoms with Gasteiger partial charge in [0.05, 0.1) is 14.2 Å². The smallest absolute Gasteiger partial charge is 0.490 e. The van der Waals surface area contributed by atoms with E-state index in [2.05, 4.69) is 4.90 Å². The lowest BCUT2D eigenvalue weighted by atomic mass is 9.87. The Morgan fingerprint density at radius 1 is 0.975 bits per heavy atom. The number of ether oxygens (including phenoxy) is 2. The average molecular weight is 569 g/mol. The Morgan fingerprint density at radius 2 is 1.68 bits per heavy atom. The summed E-state index contributed by atoms with van der Waals surface area (Å²) in [4.78, 5) is 26.5. The highest BCUT2D eigenvalue weighted by atomic mass is 19.4. The molecule has 2 aliphatic heterocycles. The van der Waals surface area contributed by atoms with Gasteiger partial charge in [-0.25, -0.2) is 9.18 Å². The van der Waals surface area contributed by atoms with Crippen molar-refractivity contribution in [3.63, 3.8) is 0 Å². The minimum Gasteiger partial charge on any atom is -0.497 e. The fraction of sp³-hybridized carbons (Fsp3) is 0.517. The second-order valence-corrected chi connectivity index (χ2v) is 10.1. The average Bonchev–Trinajstić information content (AvgIpc) is 3.16. The molecule has 2 aliphatic rings. The molecule has 1 amide bonds. The SMILES string of the molecule is COc1ccc(CCC(=O)N2CCCC3(CCCN3Cc3cccc(F)c3)CC2)c(OC)c1.O=C(O)C(F)(F)F. The van der Waals surface area contributed by atoms with E-state index in [1.165, 1.54) is 12.5 Å². The van der Waals surface area contributed by atoms with E-state index in [-0.39, 0.29) is 17.3 Å². The largest absolute Gasteiger partial charge is 0.497 e. The fourth-order valence-electron chi connectivity index (χ4n) is 5.55. The molecule has 11 heteroatoms. The Hall–Kier alpha value is -3.34. The summed E-state index contributed by atoms with van der Waals surface area (Å²) in [5.74, 6) is -1.21. The number of carbonyl (C=O) groups excluding carboxylic acids is 1. The second-order valence-electron chi connectivity index (χ2n) is 10.1. The van der Waals surface area contributed by atoms with Crippen LogP contribution in [0.25, 0.3) is 0 Å².